The van der Waals surface area contributed by atoms with E-state index in [1.54, 1.807) is 67.0 Å². The van der Waals surface area contributed by atoms with E-state index in [2.05, 4.69) is 4.98 Å². The maximum absolute atomic E-state index is 13.5. The molecule has 1 atom stereocenters. The summed E-state index contributed by atoms with van der Waals surface area (Å²) in [5.41, 5.74) is 1.83. The second-order valence-corrected chi connectivity index (χ2v) is 9.46. The second kappa shape index (κ2) is 11.2. The molecule has 1 aromatic heterocycles. The zero-order valence-electron chi connectivity index (χ0n) is 21.7. The highest BCUT2D eigenvalue weighted by molar-refractivity contribution is 6.46. The first-order valence-electron chi connectivity index (χ1n) is 12.7. The molecule has 1 fully saturated rings. The average Bonchev–Trinajstić information content (AvgIpc) is 3.19. The Morgan fingerprint density at radius 1 is 0.872 bits per heavy atom. The van der Waals surface area contributed by atoms with Crippen molar-refractivity contribution in [3.8, 4) is 17.2 Å². The van der Waals surface area contributed by atoms with Gasteiger partial charge >= 0.3 is 0 Å². The lowest BCUT2D eigenvalue weighted by atomic mass is 9.95. The molecule has 0 saturated carbocycles. The molecule has 1 N–H and O–H groups in total. The first kappa shape index (κ1) is 25.7. The molecule has 196 valence electrons. The minimum Gasteiger partial charge on any atom is -0.507 e. The number of nitrogens with zero attached hydrogens (tertiary/aromatic N) is 2. The normalized spacial score (nSPS) is 16.5. The number of pyridine rings is 1. The van der Waals surface area contributed by atoms with Gasteiger partial charge in [0.05, 0.1) is 17.7 Å². The summed E-state index contributed by atoms with van der Waals surface area (Å²) in [6, 6.07) is 26.2. The molecular formula is C32H28N2O5. The number of hydrogen-bond acceptors (Lipinski definition) is 6. The van der Waals surface area contributed by atoms with Gasteiger partial charge in [-0.05, 0) is 73.5 Å². The minimum absolute atomic E-state index is 0.00705. The molecule has 7 heteroatoms. The molecule has 4 aromatic rings. The lowest BCUT2D eigenvalue weighted by Gasteiger charge is -2.26. The molecule has 1 aliphatic rings. The Morgan fingerprint density at radius 2 is 1.56 bits per heavy atom. The SMILES string of the molecule is CC(C)Oc1cccc(/C(O)=C2/C(=O)C(=O)N(Cc3ccncc3)C2c2cccc(Oc3ccccc3)c2)c1. The van der Waals surface area contributed by atoms with Gasteiger partial charge in [0.2, 0.25) is 0 Å². The Balaban J connectivity index is 1.61. The Labute approximate surface area is 227 Å². The highest BCUT2D eigenvalue weighted by Crippen LogP contribution is 2.41. The summed E-state index contributed by atoms with van der Waals surface area (Å²) in [6.07, 6.45) is 3.20. The van der Waals surface area contributed by atoms with Crippen LogP contribution in [-0.4, -0.2) is 32.8 Å². The maximum atomic E-state index is 13.5. The van der Waals surface area contributed by atoms with E-state index in [4.69, 9.17) is 9.47 Å². The number of carbonyl (C=O) groups excluding carboxylic acids is 2. The molecule has 7 nitrogen and oxygen atoms in total. The third kappa shape index (κ3) is 5.67. The van der Waals surface area contributed by atoms with Crippen LogP contribution in [-0.2, 0) is 16.1 Å². The van der Waals surface area contributed by atoms with Crippen LogP contribution in [0.5, 0.6) is 17.2 Å². The summed E-state index contributed by atoms with van der Waals surface area (Å²) < 4.78 is 11.8. The zero-order chi connectivity index (χ0) is 27.4. The number of Topliss-reactive ketones (excluding diaryl/α,β-unsaturated/α-hetero) is 1. The number of amides is 1. The van der Waals surface area contributed by atoms with Gasteiger partial charge in [0.1, 0.15) is 23.0 Å². The highest BCUT2D eigenvalue weighted by atomic mass is 16.5. The van der Waals surface area contributed by atoms with E-state index in [0.29, 0.717) is 28.4 Å². The van der Waals surface area contributed by atoms with Gasteiger partial charge in [-0.25, -0.2) is 0 Å². The number of carbonyl (C=O) groups is 2. The van der Waals surface area contributed by atoms with E-state index in [1.807, 2.05) is 50.2 Å². The van der Waals surface area contributed by atoms with Crippen LogP contribution in [0.4, 0.5) is 0 Å². The van der Waals surface area contributed by atoms with Gasteiger partial charge in [-0.1, -0.05) is 42.5 Å². The van der Waals surface area contributed by atoms with E-state index in [1.165, 1.54) is 4.90 Å². The lowest BCUT2D eigenvalue weighted by molar-refractivity contribution is -0.140. The average molecular weight is 521 g/mol. The fraction of sp³-hybridized carbons (Fsp3) is 0.156. The number of hydrogen-bond donors (Lipinski definition) is 1. The van der Waals surface area contributed by atoms with Gasteiger partial charge in [0.15, 0.2) is 0 Å². The van der Waals surface area contributed by atoms with E-state index >= 15 is 0 Å². The van der Waals surface area contributed by atoms with Crippen molar-refractivity contribution in [1.82, 2.24) is 9.88 Å². The first-order chi connectivity index (χ1) is 18.9. The Bertz CT molecular complexity index is 1520. The molecule has 3 aromatic carbocycles. The summed E-state index contributed by atoms with van der Waals surface area (Å²) in [5, 5.41) is 11.5. The van der Waals surface area contributed by atoms with E-state index in [9.17, 15) is 14.7 Å². The zero-order valence-corrected chi connectivity index (χ0v) is 21.7. The van der Waals surface area contributed by atoms with Gasteiger partial charge in [-0.3, -0.25) is 14.6 Å². The largest absolute Gasteiger partial charge is 0.507 e. The number of aliphatic hydroxyl groups is 1. The molecular weight excluding hydrogens is 492 g/mol. The smallest absolute Gasteiger partial charge is 0.295 e. The third-order valence-electron chi connectivity index (χ3n) is 6.27. The van der Waals surface area contributed by atoms with Gasteiger partial charge in [-0.2, -0.15) is 0 Å². The monoisotopic (exact) mass is 520 g/mol. The quantitative estimate of drug-likeness (QED) is 0.167. The predicted molar refractivity (Wildman–Crippen MR) is 147 cm³/mol. The van der Waals surface area contributed by atoms with E-state index in [-0.39, 0.29) is 24.0 Å². The highest BCUT2D eigenvalue weighted by Gasteiger charge is 2.46. The Hall–Kier alpha value is -4.91. The van der Waals surface area contributed by atoms with Crippen molar-refractivity contribution in [2.45, 2.75) is 32.5 Å². The number of ether oxygens (including phenoxy) is 2. The first-order valence-corrected chi connectivity index (χ1v) is 12.7. The van der Waals surface area contributed by atoms with Crippen LogP contribution in [0, 0.1) is 0 Å². The van der Waals surface area contributed by atoms with Gasteiger partial charge in [0.25, 0.3) is 11.7 Å². The van der Waals surface area contributed by atoms with Crippen LogP contribution >= 0.6 is 0 Å². The van der Waals surface area contributed by atoms with Crippen LogP contribution in [0.15, 0.2) is 109 Å². The maximum Gasteiger partial charge on any atom is 0.295 e. The number of aromatic nitrogens is 1. The fourth-order valence-electron chi connectivity index (χ4n) is 4.59. The van der Waals surface area contributed by atoms with E-state index in [0.717, 1.165) is 5.56 Å². The van der Waals surface area contributed by atoms with Crippen molar-refractivity contribution >= 4 is 17.4 Å². The number of benzene rings is 3. The molecule has 2 heterocycles. The molecule has 1 aliphatic heterocycles. The molecule has 0 radical (unpaired) electrons. The lowest BCUT2D eigenvalue weighted by Crippen LogP contribution is -2.29. The predicted octanol–water partition coefficient (Wildman–Crippen LogP) is 6.28. The number of likely N-dealkylation sites (tertiary alicyclic amines) is 1. The molecule has 1 unspecified atom stereocenters. The van der Waals surface area contributed by atoms with Crippen molar-refractivity contribution in [1.29, 1.82) is 0 Å². The Kier molecular flexibility index (Phi) is 7.41. The number of para-hydroxylation sites is 1. The van der Waals surface area contributed by atoms with Crippen molar-refractivity contribution in [3.05, 3.63) is 126 Å². The second-order valence-electron chi connectivity index (χ2n) is 9.46. The van der Waals surface area contributed by atoms with Crippen molar-refractivity contribution in [2.24, 2.45) is 0 Å². The van der Waals surface area contributed by atoms with E-state index < -0.39 is 17.7 Å². The van der Waals surface area contributed by atoms with Crippen LogP contribution in [0.2, 0.25) is 0 Å². The molecule has 39 heavy (non-hydrogen) atoms. The van der Waals surface area contributed by atoms with Crippen molar-refractivity contribution < 1.29 is 24.2 Å². The topological polar surface area (TPSA) is 89.0 Å². The standard InChI is InChI=1S/C32H28N2O5/c1-21(2)38-26-12-7-9-24(19-26)30(35)28-29(34(32(37)31(28)36)20-22-14-16-33-17-15-22)23-8-6-13-27(18-23)39-25-10-4-3-5-11-25/h3-19,21,29,35H,20H2,1-2H3/b30-28-. The van der Waals surface area contributed by atoms with Crippen molar-refractivity contribution in [2.75, 3.05) is 0 Å². The number of ketones is 1. The summed E-state index contributed by atoms with van der Waals surface area (Å²) in [5.74, 6) is 0.0375. The fourth-order valence-corrected chi connectivity index (χ4v) is 4.59. The summed E-state index contributed by atoms with van der Waals surface area (Å²) in [7, 11) is 0. The molecule has 0 bridgehead atoms. The molecule has 1 amide bonds. The molecule has 1 saturated heterocycles. The van der Waals surface area contributed by atoms with Crippen molar-refractivity contribution in [3.63, 3.8) is 0 Å². The van der Waals surface area contributed by atoms with Gasteiger partial charge in [0, 0.05) is 24.5 Å². The van der Waals surface area contributed by atoms with Crippen LogP contribution in [0.3, 0.4) is 0 Å². The van der Waals surface area contributed by atoms with Crippen LogP contribution in [0.1, 0.15) is 36.6 Å². The van der Waals surface area contributed by atoms with Gasteiger partial charge in [-0.15, -0.1) is 0 Å². The minimum atomic E-state index is -0.841. The Morgan fingerprint density at radius 3 is 2.31 bits per heavy atom. The van der Waals surface area contributed by atoms with Crippen LogP contribution in [0.25, 0.3) is 5.76 Å². The summed E-state index contributed by atoms with van der Waals surface area (Å²) in [6.45, 7) is 3.97. The van der Waals surface area contributed by atoms with Gasteiger partial charge < -0.3 is 19.5 Å². The van der Waals surface area contributed by atoms with Crippen LogP contribution < -0.4 is 9.47 Å². The molecule has 5 rings (SSSR count). The molecule has 0 aliphatic carbocycles. The molecule has 0 spiro atoms. The summed E-state index contributed by atoms with van der Waals surface area (Å²) >= 11 is 0. The number of aliphatic hydroxyl groups excluding tert-OH is 1. The number of rotatable bonds is 8. The summed E-state index contributed by atoms with van der Waals surface area (Å²) in [4.78, 5) is 32.4. The third-order valence-corrected chi connectivity index (χ3v) is 6.27.